The molecule has 1 aliphatic heterocycles. The normalized spacial score (nSPS) is 22.2. The van der Waals surface area contributed by atoms with E-state index in [0.717, 1.165) is 0 Å². The second-order valence-electron chi connectivity index (χ2n) is 4.76. The summed E-state index contributed by atoms with van der Waals surface area (Å²) in [5.74, 6) is -0.108. The van der Waals surface area contributed by atoms with Gasteiger partial charge in [0, 0.05) is 11.8 Å². The summed E-state index contributed by atoms with van der Waals surface area (Å²) < 4.78 is 23.8. The average Bonchev–Trinajstić information content (AvgIpc) is 2.28. The minimum atomic E-state index is -3.19. The average molecular weight is 252 g/mol. The van der Waals surface area contributed by atoms with Gasteiger partial charge in [0.15, 0.2) is 9.84 Å². The summed E-state index contributed by atoms with van der Waals surface area (Å²) in [6, 6.07) is 6.86. The second kappa shape index (κ2) is 4.26. The number of carbonyl (C=O) groups excluding carboxylic acids is 1. The highest BCUT2D eigenvalue weighted by Gasteiger charge is 2.34. The van der Waals surface area contributed by atoms with Crippen molar-refractivity contribution in [2.45, 2.75) is 31.1 Å². The molecule has 0 saturated heterocycles. The Morgan fingerprint density at radius 2 is 1.94 bits per heavy atom. The summed E-state index contributed by atoms with van der Waals surface area (Å²) in [5.41, 5.74) is 0.678. The highest BCUT2D eigenvalue weighted by molar-refractivity contribution is 7.91. The van der Waals surface area contributed by atoms with E-state index in [4.69, 9.17) is 0 Å². The molecule has 0 aromatic heterocycles. The van der Waals surface area contributed by atoms with Gasteiger partial charge in [-0.3, -0.25) is 4.79 Å². The maximum atomic E-state index is 12.1. The fourth-order valence-corrected chi connectivity index (χ4v) is 3.91. The monoisotopic (exact) mass is 252 g/mol. The van der Waals surface area contributed by atoms with E-state index in [1.165, 1.54) is 0 Å². The molecule has 0 N–H and O–H groups in total. The zero-order valence-electron chi connectivity index (χ0n) is 10.0. The minimum Gasteiger partial charge on any atom is -0.299 e. The van der Waals surface area contributed by atoms with Gasteiger partial charge >= 0.3 is 0 Å². The number of benzene rings is 1. The van der Waals surface area contributed by atoms with Crippen LogP contribution in [0.4, 0.5) is 0 Å². The van der Waals surface area contributed by atoms with Gasteiger partial charge in [0.1, 0.15) is 5.78 Å². The van der Waals surface area contributed by atoms with Crippen molar-refractivity contribution in [3.63, 3.8) is 0 Å². The fourth-order valence-electron chi connectivity index (χ4n) is 2.29. The standard InChI is InChI=1S/C13H16O3S/c1-9(2)13(14)11-7-8-17(15,16)12-6-4-3-5-10(11)12/h3-6,9,11H,7-8H2,1-2H3. The maximum Gasteiger partial charge on any atom is 0.178 e. The molecule has 2 rings (SSSR count). The Kier molecular flexibility index (Phi) is 3.08. The van der Waals surface area contributed by atoms with Crippen LogP contribution in [-0.4, -0.2) is 20.0 Å². The molecule has 1 aliphatic rings. The highest BCUT2D eigenvalue weighted by Crippen LogP contribution is 2.35. The van der Waals surface area contributed by atoms with Crippen molar-refractivity contribution in [2.24, 2.45) is 5.92 Å². The third-order valence-corrected chi connectivity index (χ3v) is 5.03. The van der Waals surface area contributed by atoms with Gasteiger partial charge < -0.3 is 0 Å². The maximum absolute atomic E-state index is 12.1. The molecule has 92 valence electrons. The van der Waals surface area contributed by atoms with Crippen LogP contribution in [0.15, 0.2) is 29.2 Å². The van der Waals surface area contributed by atoms with Gasteiger partial charge in [-0.2, -0.15) is 0 Å². The van der Waals surface area contributed by atoms with E-state index in [-0.39, 0.29) is 23.4 Å². The van der Waals surface area contributed by atoms with E-state index < -0.39 is 9.84 Å². The summed E-state index contributed by atoms with van der Waals surface area (Å²) in [6.45, 7) is 3.71. The largest absolute Gasteiger partial charge is 0.299 e. The van der Waals surface area contributed by atoms with Gasteiger partial charge in [-0.15, -0.1) is 0 Å². The van der Waals surface area contributed by atoms with Crippen molar-refractivity contribution >= 4 is 15.6 Å². The van der Waals surface area contributed by atoms with Crippen molar-refractivity contribution < 1.29 is 13.2 Å². The van der Waals surface area contributed by atoms with Crippen molar-refractivity contribution in [3.05, 3.63) is 29.8 Å². The third-order valence-electron chi connectivity index (χ3n) is 3.22. The molecule has 0 bridgehead atoms. The zero-order chi connectivity index (χ0) is 12.6. The molecule has 1 heterocycles. The lowest BCUT2D eigenvalue weighted by Gasteiger charge is -2.25. The smallest absolute Gasteiger partial charge is 0.178 e. The summed E-state index contributed by atoms with van der Waals surface area (Å²) in [6.07, 6.45) is 0.413. The lowest BCUT2D eigenvalue weighted by Crippen LogP contribution is -2.27. The van der Waals surface area contributed by atoms with Gasteiger partial charge in [0.25, 0.3) is 0 Å². The number of hydrogen-bond donors (Lipinski definition) is 0. The van der Waals surface area contributed by atoms with E-state index in [0.29, 0.717) is 16.9 Å². The molecule has 1 aromatic carbocycles. The first-order valence-electron chi connectivity index (χ1n) is 5.79. The first-order chi connectivity index (χ1) is 7.93. The van der Waals surface area contributed by atoms with Crippen LogP contribution in [-0.2, 0) is 14.6 Å². The molecule has 17 heavy (non-hydrogen) atoms. The van der Waals surface area contributed by atoms with E-state index in [9.17, 15) is 13.2 Å². The van der Waals surface area contributed by atoms with Crippen molar-refractivity contribution in [1.82, 2.24) is 0 Å². The van der Waals surface area contributed by atoms with Crippen LogP contribution in [0.3, 0.4) is 0 Å². The molecule has 0 radical (unpaired) electrons. The minimum absolute atomic E-state index is 0.0612. The number of Topliss-reactive ketones (excluding diaryl/α,β-unsaturated/α-hetero) is 1. The van der Waals surface area contributed by atoms with E-state index >= 15 is 0 Å². The van der Waals surface area contributed by atoms with Crippen LogP contribution >= 0.6 is 0 Å². The molecule has 3 nitrogen and oxygen atoms in total. The molecule has 1 atom stereocenters. The number of ketones is 1. The van der Waals surface area contributed by atoms with Gasteiger partial charge in [-0.05, 0) is 18.1 Å². The van der Waals surface area contributed by atoms with Crippen LogP contribution in [0, 0.1) is 5.92 Å². The van der Waals surface area contributed by atoms with Crippen LogP contribution in [0.1, 0.15) is 31.7 Å². The molecule has 1 unspecified atom stereocenters. The zero-order valence-corrected chi connectivity index (χ0v) is 10.8. The number of hydrogen-bond acceptors (Lipinski definition) is 3. The van der Waals surface area contributed by atoms with E-state index in [1.54, 1.807) is 24.3 Å². The molecule has 0 spiro atoms. The van der Waals surface area contributed by atoms with E-state index in [2.05, 4.69) is 0 Å². The first-order valence-corrected chi connectivity index (χ1v) is 7.44. The first kappa shape index (κ1) is 12.3. The Morgan fingerprint density at radius 3 is 2.59 bits per heavy atom. The summed E-state index contributed by atoms with van der Waals surface area (Å²) in [7, 11) is -3.19. The molecular weight excluding hydrogens is 236 g/mol. The van der Waals surface area contributed by atoms with Gasteiger partial charge in [-0.25, -0.2) is 8.42 Å². The molecule has 0 fully saturated rings. The Morgan fingerprint density at radius 1 is 1.29 bits per heavy atom. The lowest BCUT2D eigenvalue weighted by atomic mass is 9.86. The van der Waals surface area contributed by atoms with Gasteiger partial charge in [0.2, 0.25) is 0 Å². The lowest BCUT2D eigenvalue weighted by molar-refractivity contribution is -0.123. The quantitative estimate of drug-likeness (QED) is 0.810. The predicted octanol–water partition coefficient (Wildman–Crippen LogP) is 2.17. The highest BCUT2D eigenvalue weighted by atomic mass is 32.2. The number of sulfone groups is 1. The topological polar surface area (TPSA) is 51.2 Å². The van der Waals surface area contributed by atoms with Gasteiger partial charge in [-0.1, -0.05) is 32.0 Å². The predicted molar refractivity (Wildman–Crippen MR) is 65.7 cm³/mol. The van der Waals surface area contributed by atoms with Crippen molar-refractivity contribution in [2.75, 3.05) is 5.75 Å². The van der Waals surface area contributed by atoms with Crippen molar-refractivity contribution in [3.8, 4) is 0 Å². The molecule has 0 amide bonds. The van der Waals surface area contributed by atoms with E-state index in [1.807, 2.05) is 13.8 Å². The van der Waals surface area contributed by atoms with Crippen molar-refractivity contribution in [1.29, 1.82) is 0 Å². The van der Waals surface area contributed by atoms with Crippen LogP contribution in [0.5, 0.6) is 0 Å². The Hall–Kier alpha value is -1.16. The summed E-state index contributed by atoms with van der Waals surface area (Å²) >= 11 is 0. The second-order valence-corrected chi connectivity index (χ2v) is 6.83. The third kappa shape index (κ3) is 2.14. The Bertz CT molecular complexity index is 544. The molecule has 0 saturated carbocycles. The van der Waals surface area contributed by atoms with Crippen LogP contribution in [0.25, 0.3) is 0 Å². The Labute approximate surface area is 102 Å². The number of rotatable bonds is 2. The Balaban J connectivity index is 2.53. The molecule has 4 heteroatoms. The summed E-state index contributed by atoms with van der Waals surface area (Å²) in [4.78, 5) is 12.4. The molecule has 1 aromatic rings. The summed E-state index contributed by atoms with van der Waals surface area (Å²) in [5, 5.41) is 0. The molecule has 0 aliphatic carbocycles. The SMILES string of the molecule is CC(C)C(=O)C1CCS(=O)(=O)c2ccccc21. The van der Waals surface area contributed by atoms with Crippen LogP contribution in [0.2, 0.25) is 0 Å². The molecular formula is C13H16O3S. The number of carbonyl (C=O) groups is 1. The van der Waals surface area contributed by atoms with Crippen LogP contribution < -0.4 is 0 Å². The van der Waals surface area contributed by atoms with Gasteiger partial charge in [0.05, 0.1) is 10.6 Å². The fraction of sp³-hybridized carbons (Fsp3) is 0.462. The number of fused-ring (bicyclic) bond motifs is 1.